The maximum Gasteiger partial charge on any atom is 0.140 e. The van der Waals surface area contributed by atoms with Crippen LogP contribution in [0.25, 0.3) is 0 Å². The SMILES string of the molecule is N#CCCNc1ccc(C#N)nc1. The van der Waals surface area contributed by atoms with Crippen molar-refractivity contribution in [1.82, 2.24) is 4.98 Å². The van der Waals surface area contributed by atoms with Gasteiger partial charge in [-0.2, -0.15) is 10.5 Å². The first-order chi connectivity index (χ1) is 6.36. The fourth-order valence-electron chi connectivity index (χ4n) is 0.827. The molecule has 0 aromatic carbocycles. The molecule has 0 aliphatic rings. The van der Waals surface area contributed by atoms with Gasteiger partial charge in [-0.1, -0.05) is 0 Å². The van der Waals surface area contributed by atoms with Crippen LogP contribution in [-0.4, -0.2) is 11.5 Å². The van der Waals surface area contributed by atoms with Crippen molar-refractivity contribution < 1.29 is 0 Å². The fourth-order valence-corrected chi connectivity index (χ4v) is 0.827. The highest BCUT2D eigenvalue weighted by Gasteiger charge is 1.92. The van der Waals surface area contributed by atoms with Crippen molar-refractivity contribution in [1.29, 1.82) is 10.5 Å². The van der Waals surface area contributed by atoms with E-state index in [0.717, 1.165) is 5.69 Å². The van der Waals surface area contributed by atoms with Crippen LogP contribution in [-0.2, 0) is 0 Å². The zero-order chi connectivity index (χ0) is 9.52. The lowest BCUT2D eigenvalue weighted by Gasteiger charge is -2.01. The van der Waals surface area contributed by atoms with Crippen molar-refractivity contribution in [3.05, 3.63) is 24.0 Å². The molecule has 0 fully saturated rings. The van der Waals surface area contributed by atoms with Crippen molar-refractivity contribution in [2.45, 2.75) is 6.42 Å². The predicted molar refractivity (Wildman–Crippen MR) is 47.7 cm³/mol. The number of hydrogen-bond acceptors (Lipinski definition) is 4. The van der Waals surface area contributed by atoms with E-state index in [0.29, 0.717) is 18.7 Å². The molecule has 0 amide bonds. The normalized spacial score (nSPS) is 8.46. The van der Waals surface area contributed by atoms with Crippen molar-refractivity contribution in [3.63, 3.8) is 0 Å². The van der Waals surface area contributed by atoms with Crippen LogP contribution in [0, 0.1) is 22.7 Å². The molecular weight excluding hydrogens is 164 g/mol. The lowest BCUT2D eigenvalue weighted by molar-refractivity contribution is 1.07. The molecule has 4 heteroatoms. The Labute approximate surface area is 76.4 Å². The molecule has 0 atom stereocenters. The highest BCUT2D eigenvalue weighted by Crippen LogP contribution is 2.04. The summed E-state index contributed by atoms with van der Waals surface area (Å²) in [5.41, 5.74) is 1.22. The molecular formula is C9H8N4. The number of nitrogens with zero attached hydrogens (tertiary/aromatic N) is 3. The number of anilines is 1. The number of pyridine rings is 1. The summed E-state index contributed by atoms with van der Waals surface area (Å²) in [6.07, 6.45) is 2.04. The van der Waals surface area contributed by atoms with Gasteiger partial charge in [0.05, 0.1) is 24.4 Å². The standard InChI is InChI=1S/C9H8N4/c10-4-1-5-12-9-3-2-8(6-11)13-7-9/h2-3,7,12H,1,5H2. The Balaban J connectivity index is 2.52. The Hall–Kier alpha value is -2.07. The Bertz CT molecular complexity index is 341. The van der Waals surface area contributed by atoms with Crippen molar-refractivity contribution in [2.75, 3.05) is 11.9 Å². The monoisotopic (exact) mass is 172 g/mol. The van der Waals surface area contributed by atoms with Gasteiger partial charge in [-0.25, -0.2) is 4.98 Å². The Morgan fingerprint density at radius 3 is 2.77 bits per heavy atom. The molecule has 1 aromatic heterocycles. The summed E-state index contributed by atoms with van der Waals surface area (Å²) in [7, 11) is 0. The van der Waals surface area contributed by atoms with Crippen LogP contribution in [0.15, 0.2) is 18.3 Å². The molecule has 1 N–H and O–H groups in total. The molecule has 0 saturated carbocycles. The third-order valence-electron chi connectivity index (χ3n) is 1.44. The molecule has 0 bridgehead atoms. The highest BCUT2D eigenvalue weighted by atomic mass is 14.9. The van der Waals surface area contributed by atoms with E-state index >= 15 is 0 Å². The zero-order valence-corrected chi connectivity index (χ0v) is 6.99. The fraction of sp³-hybridized carbons (Fsp3) is 0.222. The average molecular weight is 172 g/mol. The molecule has 4 nitrogen and oxygen atoms in total. The second-order valence-corrected chi connectivity index (χ2v) is 2.38. The molecule has 0 aliphatic heterocycles. The van der Waals surface area contributed by atoms with E-state index in [-0.39, 0.29) is 0 Å². The van der Waals surface area contributed by atoms with Gasteiger partial charge in [-0.15, -0.1) is 0 Å². The summed E-state index contributed by atoms with van der Waals surface area (Å²) in [5, 5.41) is 19.7. The molecule has 13 heavy (non-hydrogen) atoms. The molecule has 0 spiro atoms. The quantitative estimate of drug-likeness (QED) is 0.697. The van der Waals surface area contributed by atoms with Gasteiger partial charge >= 0.3 is 0 Å². The first-order valence-electron chi connectivity index (χ1n) is 3.84. The van der Waals surface area contributed by atoms with Crippen molar-refractivity contribution in [3.8, 4) is 12.1 Å². The Morgan fingerprint density at radius 2 is 2.23 bits per heavy atom. The van der Waals surface area contributed by atoms with Crippen molar-refractivity contribution in [2.24, 2.45) is 0 Å². The second kappa shape index (κ2) is 4.74. The Morgan fingerprint density at radius 1 is 1.38 bits per heavy atom. The zero-order valence-electron chi connectivity index (χ0n) is 6.99. The van der Waals surface area contributed by atoms with Crippen LogP contribution in [0.2, 0.25) is 0 Å². The van der Waals surface area contributed by atoms with Gasteiger partial charge in [0.2, 0.25) is 0 Å². The van der Waals surface area contributed by atoms with Gasteiger partial charge in [-0.3, -0.25) is 0 Å². The van der Waals surface area contributed by atoms with Gasteiger partial charge in [0.25, 0.3) is 0 Å². The molecule has 0 saturated heterocycles. The number of nitriles is 2. The van der Waals surface area contributed by atoms with Gasteiger partial charge in [-0.05, 0) is 12.1 Å². The van der Waals surface area contributed by atoms with E-state index in [2.05, 4.69) is 10.3 Å². The average Bonchev–Trinajstić information content (AvgIpc) is 2.19. The van der Waals surface area contributed by atoms with Crippen LogP contribution in [0.3, 0.4) is 0 Å². The van der Waals surface area contributed by atoms with E-state index in [9.17, 15) is 0 Å². The van der Waals surface area contributed by atoms with E-state index in [1.807, 2.05) is 12.1 Å². The maximum absolute atomic E-state index is 8.47. The molecule has 0 radical (unpaired) electrons. The van der Waals surface area contributed by atoms with Crippen LogP contribution in [0.4, 0.5) is 5.69 Å². The largest absolute Gasteiger partial charge is 0.383 e. The first kappa shape index (κ1) is 9.02. The topological polar surface area (TPSA) is 72.5 Å². The molecule has 0 aliphatic carbocycles. The Kier molecular flexibility index (Phi) is 3.29. The number of nitrogens with one attached hydrogen (secondary N) is 1. The minimum Gasteiger partial charge on any atom is -0.383 e. The van der Waals surface area contributed by atoms with Crippen LogP contribution in [0.1, 0.15) is 12.1 Å². The first-order valence-corrected chi connectivity index (χ1v) is 3.84. The molecule has 1 heterocycles. The predicted octanol–water partition coefficient (Wildman–Crippen LogP) is 1.28. The summed E-state index contributed by atoms with van der Waals surface area (Å²) in [6.45, 7) is 0.601. The number of hydrogen-bond donors (Lipinski definition) is 1. The maximum atomic E-state index is 8.47. The second-order valence-electron chi connectivity index (χ2n) is 2.38. The van der Waals surface area contributed by atoms with Crippen LogP contribution in [0.5, 0.6) is 0 Å². The van der Waals surface area contributed by atoms with E-state index < -0.39 is 0 Å². The smallest absolute Gasteiger partial charge is 0.140 e. The number of aromatic nitrogens is 1. The van der Waals surface area contributed by atoms with E-state index in [4.69, 9.17) is 10.5 Å². The summed E-state index contributed by atoms with van der Waals surface area (Å²) in [6, 6.07) is 7.36. The third-order valence-corrected chi connectivity index (χ3v) is 1.44. The minimum atomic E-state index is 0.394. The minimum absolute atomic E-state index is 0.394. The summed E-state index contributed by atoms with van der Waals surface area (Å²) >= 11 is 0. The van der Waals surface area contributed by atoms with Gasteiger partial charge in [0.1, 0.15) is 11.8 Å². The summed E-state index contributed by atoms with van der Waals surface area (Å²) in [4.78, 5) is 3.87. The molecule has 0 unspecified atom stereocenters. The molecule has 1 aromatic rings. The van der Waals surface area contributed by atoms with E-state index in [1.165, 1.54) is 0 Å². The molecule has 1 rings (SSSR count). The van der Waals surface area contributed by atoms with Crippen LogP contribution >= 0.6 is 0 Å². The lowest BCUT2D eigenvalue weighted by atomic mass is 10.3. The highest BCUT2D eigenvalue weighted by molar-refractivity contribution is 5.42. The third kappa shape index (κ3) is 2.80. The number of rotatable bonds is 3. The van der Waals surface area contributed by atoms with Gasteiger partial charge in [0.15, 0.2) is 0 Å². The van der Waals surface area contributed by atoms with Crippen molar-refractivity contribution >= 4 is 5.69 Å². The summed E-state index contributed by atoms with van der Waals surface area (Å²) in [5.74, 6) is 0. The molecule has 64 valence electrons. The summed E-state index contributed by atoms with van der Waals surface area (Å²) < 4.78 is 0. The van der Waals surface area contributed by atoms with Crippen LogP contribution < -0.4 is 5.32 Å². The van der Waals surface area contributed by atoms with E-state index in [1.54, 1.807) is 18.3 Å². The van der Waals surface area contributed by atoms with Gasteiger partial charge in [0, 0.05) is 6.54 Å². The van der Waals surface area contributed by atoms with Gasteiger partial charge < -0.3 is 5.32 Å². The lowest BCUT2D eigenvalue weighted by Crippen LogP contribution is -2.00.